The zero-order valence-electron chi connectivity index (χ0n) is 30.3. The molecular formula is C40H41F3N4O6S3. The molecule has 5 aromatic rings. The van der Waals surface area contributed by atoms with Crippen LogP contribution in [-0.2, 0) is 19.6 Å². The van der Waals surface area contributed by atoms with Crippen LogP contribution < -0.4 is 10.6 Å². The van der Waals surface area contributed by atoms with Gasteiger partial charge in [-0.3, -0.25) is 13.6 Å². The number of nitrogens with zero attached hydrogens (tertiary/aromatic N) is 2. The predicted molar refractivity (Wildman–Crippen MR) is 211 cm³/mol. The molecular weight excluding hydrogens is 786 g/mol. The van der Waals surface area contributed by atoms with Crippen LogP contribution in [0.5, 0.6) is 0 Å². The Balaban J connectivity index is 1.33. The van der Waals surface area contributed by atoms with E-state index >= 15 is 4.39 Å². The standard InChI is InChI=1S/C40H41F3N4O6S3/c1-53-39(50)46-36(35(27-9-4-2-5-10-27)28-11-6-3-7-12-28)38(49)45-32-14-8-13-30(43)37(32)54-24-40(22-34(40)48)47(23-26(17-19-41)18-20-42)56(51,52)29-15-16-31-33(21-29)55-25-44-31/h2-16,21,25-26,34-36,48H,17-20,22-24H2,1H3,(H,45,49)(H,46,50)/t34-,36+,40?/m1/s1. The minimum atomic E-state index is -4.38. The second-order valence-corrected chi connectivity index (χ2v) is 17.2. The number of benzene rings is 4. The van der Waals surface area contributed by atoms with Crippen LogP contribution in [0.3, 0.4) is 0 Å². The Bertz CT molecular complexity index is 2190. The summed E-state index contributed by atoms with van der Waals surface area (Å²) in [5, 5.41) is 16.6. The van der Waals surface area contributed by atoms with E-state index in [-0.39, 0.29) is 47.0 Å². The molecule has 6 rings (SSSR count). The average molecular weight is 827 g/mol. The van der Waals surface area contributed by atoms with Gasteiger partial charge in [0.15, 0.2) is 0 Å². The highest BCUT2D eigenvalue weighted by molar-refractivity contribution is 7.99. The average Bonchev–Trinajstić information content (AvgIpc) is 3.60. The van der Waals surface area contributed by atoms with Gasteiger partial charge >= 0.3 is 6.09 Å². The minimum absolute atomic E-state index is 0.0168. The molecule has 0 bridgehead atoms. The van der Waals surface area contributed by atoms with E-state index in [4.69, 9.17) is 4.74 Å². The number of alkyl halides is 2. The van der Waals surface area contributed by atoms with Crippen LogP contribution in [0.4, 0.5) is 23.7 Å². The number of thiazole rings is 1. The van der Waals surface area contributed by atoms with Crippen LogP contribution in [0.2, 0.25) is 0 Å². The molecule has 296 valence electrons. The van der Waals surface area contributed by atoms with Crippen molar-refractivity contribution in [2.24, 2.45) is 5.92 Å². The number of rotatable bonds is 18. The van der Waals surface area contributed by atoms with Crippen molar-refractivity contribution in [3.8, 4) is 0 Å². The van der Waals surface area contributed by atoms with Crippen molar-refractivity contribution in [3.05, 3.63) is 120 Å². The number of hydrogen-bond donors (Lipinski definition) is 3. The van der Waals surface area contributed by atoms with Gasteiger partial charge in [-0.1, -0.05) is 66.7 Å². The molecule has 0 spiro atoms. The van der Waals surface area contributed by atoms with Gasteiger partial charge < -0.3 is 20.5 Å². The Morgan fingerprint density at radius 1 is 1.00 bits per heavy atom. The molecule has 0 radical (unpaired) electrons. The van der Waals surface area contributed by atoms with Gasteiger partial charge in [-0.25, -0.2) is 22.6 Å². The van der Waals surface area contributed by atoms with Crippen molar-refractivity contribution in [3.63, 3.8) is 0 Å². The van der Waals surface area contributed by atoms with Gasteiger partial charge in [0.05, 0.1) is 63.3 Å². The molecule has 2 amide bonds. The van der Waals surface area contributed by atoms with Gasteiger partial charge in [-0.05, 0) is 66.6 Å². The number of alkyl carbamates (subject to hydrolysis) is 1. The monoisotopic (exact) mass is 826 g/mol. The first-order valence-electron chi connectivity index (χ1n) is 17.8. The summed E-state index contributed by atoms with van der Waals surface area (Å²) in [6.07, 6.45) is -2.25. The van der Waals surface area contributed by atoms with Gasteiger partial charge in [-0.2, -0.15) is 4.31 Å². The second kappa shape index (κ2) is 18.2. The summed E-state index contributed by atoms with van der Waals surface area (Å²) in [5.74, 6) is -2.99. The van der Waals surface area contributed by atoms with Crippen LogP contribution in [0.15, 0.2) is 112 Å². The molecule has 1 fully saturated rings. The zero-order valence-corrected chi connectivity index (χ0v) is 32.8. The van der Waals surface area contributed by atoms with Gasteiger partial charge in [-0.15, -0.1) is 23.1 Å². The van der Waals surface area contributed by atoms with Gasteiger partial charge in [0, 0.05) is 18.2 Å². The molecule has 1 heterocycles. The third kappa shape index (κ3) is 9.05. The van der Waals surface area contributed by atoms with Crippen molar-refractivity contribution < 1.29 is 41.0 Å². The second-order valence-electron chi connectivity index (χ2n) is 13.5. The Kier molecular flexibility index (Phi) is 13.4. The fourth-order valence-corrected chi connectivity index (χ4v) is 11.0. The maximum Gasteiger partial charge on any atom is 0.407 e. The molecule has 1 unspecified atom stereocenters. The molecule has 3 N–H and O–H groups in total. The lowest BCUT2D eigenvalue weighted by atomic mass is 9.84. The third-order valence-electron chi connectivity index (χ3n) is 9.94. The zero-order chi connectivity index (χ0) is 39.9. The van der Waals surface area contributed by atoms with Gasteiger partial charge in [0.1, 0.15) is 11.9 Å². The summed E-state index contributed by atoms with van der Waals surface area (Å²) >= 11 is 2.14. The first kappa shape index (κ1) is 41.2. The number of anilines is 1. The normalized spacial score (nSPS) is 17.3. The largest absolute Gasteiger partial charge is 0.453 e. The van der Waals surface area contributed by atoms with Crippen LogP contribution in [0.25, 0.3) is 10.2 Å². The predicted octanol–water partition coefficient (Wildman–Crippen LogP) is 7.55. The summed E-state index contributed by atoms with van der Waals surface area (Å²) in [4.78, 5) is 31.1. The van der Waals surface area contributed by atoms with Gasteiger partial charge in [0.25, 0.3) is 0 Å². The van der Waals surface area contributed by atoms with Crippen LogP contribution >= 0.6 is 23.1 Å². The minimum Gasteiger partial charge on any atom is -0.453 e. The lowest BCUT2D eigenvalue weighted by Crippen LogP contribution is -2.48. The van der Waals surface area contributed by atoms with E-state index in [2.05, 4.69) is 15.6 Å². The first-order chi connectivity index (χ1) is 27.0. The van der Waals surface area contributed by atoms with Crippen LogP contribution in [0.1, 0.15) is 36.3 Å². The van der Waals surface area contributed by atoms with Crippen molar-refractivity contribution in [1.82, 2.24) is 14.6 Å². The Morgan fingerprint density at radius 2 is 1.64 bits per heavy atom. The molecule has 56 heavy (non-hydrogen) atoms. The first-order valence-corrected chi connectivity index (χ1v) is 21.2. The number of carbonyl (C=O) groups excluding carboxylic acids is 2. The third-order valence-corrected chi connectivity index (χ3v) is 14.0. The van der Waals surface area contributed by atoms with Crippen LogP contribution in [0, 0.1) is 11.7 Å². The molecule has 16 heteroatoms. The summed E-state index contributed by atoms with van der Waals surface area (Å²) < 4.78 is 78.7. The van der Waals surface area contributed by atoms with Crippen molar-refractivity contribution >= 4 is 61.0 Å². The van der Waals surface area contributed by atoms with Crippen molar-refractivity contribution in [1.29, 1.82) is 0 Å². The summed E-state index contributed by atoms with van der Waals surface area (Å²) in [6, 6.07) is 25.4. The van der Waals surface area contributed by atoms with Crippen molar-refractivity contribution in [2.45, 2.75) is 52.7 Å². The highest BCUT2D eigenvalue weighted by Crippen LogP contribution is 2.50. The highest BCUT2D eigenvalue weighted by atomic mass is 32.2. The Morgan fingerprint density at radius 3 is 2.23 bits per heavy atom. The molecule has 4 aromatic carbocycles. The lowest BCUT2D eigenvalue weighted by molar-refractivity contribution is -0.118. The number of hydrogen-bond acceptors (Lipinski definition) is 9. The van der Waals surface area contributed by atoms with E-state index in [0.29, 0.717) is 21.3 Å². The summed E-state index contributed by atoms with van der Waals surface area (Å²) in [6.45, 7) is -1.87. The Hall–Kier alpha value is -4.48. The number of thioether (sulfide) groups is 1. The number of fused-ring (bicyclic) bond motifs is 1. The smallest absolute Gasteiger partial charge is 0.407 e. The van der Waals surface area contributed by atoms with Crippen LogP contribution in [-0.4, -0.2) is 85.3 Å². The number of ether oxygens (including phenoxy) is 1. The molecule has 1 aliphatic rings. The number of aliphatic hydroxyl groups is 1. The molecule has 1 aromatic heterocycles. The lowest BCUT2D eigenvalue weighted by Gasteiger charge is -2.34. The molecule has 1 aliphatic carbocycles. The molecule has 0 saturated heterocycles. The Labute approximate surface area is 331 Å². The maximum atomic E-state index is 15.8. The van der Waals surface area contributed by atoms with Crippen molar-refractivity contribution in [2.75, 3.05) is 38.1 Å². The number of aromatic nitrogens is 1. The van der Waals surface area contributed by atoms with E-state index in [0.717, 1.165) is 16.1 Å². The fraction of sp³-hybridized carbons (Fsp3) is 0.325. The molecule has 10 nitrogen and oxygen atoms in total. The quantitative estimate of drug-likeness (QED) is 0.0771. The number of carbonyl (C=O) groups is 2. The van der Waals surface area contributed by atoms with E-state index in [1.165, 1.54) is 48.8 Å². The number of amides is 2. The number of nitrogens with one attached hydrogen (secondary N) is 2. The van der Waals surface area contributed by atoms with E-state index < -0.39 is 70.7 Å². The number of methoxy groups -OCH3 is 1. The van der Waals surface area contributed by atoms with Gasteiger partial charge in [0.2, 0.25) is 15.9 Å². The number of aliphatic hydroxyl groups excluding tert-OH is 1. The molecule has 0 aliphatic heterocycles. The van der Waals surface area contributed by atoms with E-state index in [1.807, 2.05) is 36.4 Å². The molecule has 1 saturated carbocycles. The number of halogens is 3. The highest BCUT2D eigenvalue weighted by Gasteiger charge is 2.61. The topological polar surface area (TPSA) is 138 Å². The van der Waals surface area contributed by atoms with E-state index in [9.17, 15) is 31.9 Å². The summed E-state index contributed by atoms with van der Waals surface area (Å²) in [5.41, 5.74) is 2.18. The summed E-state index contributed by atoms with van der Waals surface area (Å²) in [7, 11) is -3.21. The molecule has 3 atom stereocenters. The number of sulfonamides is 1. The fourth-order valence-electron chi connectivity index (χ4n) is 6.83. The SMILES string of the molecule is COC(=O)N[C@H](C(=O)Nc1cccc(F)c1SCC1(N(CC(CCF)CCF)S(=O)(=O)c2ccc3ncsc3c2)C[C@H]1O)C(c1ccccc1)c1ccccc1. The maximum absolute atomic E-state index is 15.8. The van der Waals surface area contributed by atoms with E-state index in [1.54, 1.807) is 35.8 Å².